The zero-order valence-electron chi connectivity index (χ0n) is 13.7. The van der Waals surface area contributed by atoms with Crippen LogP contribution in [0.5, 0.6) is 0 Å². The molecule has 0 atom stereocenters. The predicted molar refractivity (Wildman–Crippen MR) is 63.1 cm³/mol. The third kappa shape index (κ3) is 10.6. The van der Waals surface area contributed by atoms with E-state index in [0.717, 1.165) is 0 Å². The Morgan fingerprint density at radius 1 is 0.265 bits per heavy atom. The summed E-state index contributed by atoms with van der Waals surface area (Å²) in [5.74, 6) is 0. The van der Waals surface area contributed by atoms with Crippen LogP contribution >= 0.6 is 0 Å². The first-order valence-corrected chi connectivity index (χ1v) is 10.1. The second-order valence-electron chi connectivity index (χ2n) is 4.18. The number of halogens is 18. The Balaban J connectivity index is -0.000000196. The summed E-state index contributed by atoms with van der Waals surface area (Å²) in [6, 6.07) is 0. The summed E-state index contributed by atoms with van der Waals surface area (Å²) in [6.45, 7) is 0. The smallest absolute Gasteiger partial charge is 0.210 e. The molecule has 6 nitrogen and oxygen atoms in total. The monoisotopic (exact) mass is 780 g/mol. The van der Waals surface area contributed by atoms with Gasteiger partial charge in [-0.1, -0.05) is 0 Å². The standard InChI is InChI=1S/3C2F6O2S.Yb/c3*3-1(4,5)11(9,10)2(6,7)8;. The third-order valence-electron chi connectivity index (χ3n) is 1.83. The summed E-state index contributed by atoms with van der Waals surface area (Å²) in [6.07, 6.45) is 0. The van der Waals surface area contributed by atoms with Gasteiger partial charge < -0.3 is 0 Å². The van der Waals surface area contributed by atoms with E-state index in [9.17, 15) is 104 Å². The van der Waals surface area contributed by atoms with Crippen molar-refractivity contribution in [3.8, 4) is 0 Å². The molecule has 0 aromatic rings. The van der Waals surface area contributed by atoms with Crippen molar-refractivity contribution in [3.63, 3.8) is 0 Å². The molecule has 0 amide bonds. The van der Waals surface area contributed by atoms with Gasteiger partial charge in [0.1, 0.15) is 0 Å². The molecule has 0 saturated heterocycles. The molecule has 0 bridgehead atoms. The fourth-order valence-corrected chi connectivity index (χ4v) is 1.18. The molecule has 0 aliphatic heterocycles. The molecule has 0 aliphatic rings. The molecule has 34 heavy (non-hydrogen) atoms. The molecule has 0 aromatic heterocycles. The molecule has 0 heterocycles. The zero-order valence-corrected chi connectivity index (χ0v) is 17.9. The van der Waals surface area contributed by atoms with Crippen LogP contribution < -0.4 is 0 Å². The molecule has 0 aliphatic carbocycles. The molecule has 218 valence electrons. The molecule has 0 aromatic carbocycles. The van der Waals surface area contributed by atoms with Gasteiger partial charge in [-0.05, 0) is 0 Å². The van der Waals surface area contributed by atoms with Gasteiger partial charge in [-0.3, -0.25) is 0 Å². The van der Waals surface area contributed by atoms with Crippen molar-refractivity contribution in [2.24, 2.45) is 0 Å². The molecule has 28 heteroatoms. The number of alkyl halides is 18. The van der Waals surface area contributed by atoms with Gasteiger partial charge in [0.25, 0.3) is 0 Å². The fraction of sp³-hybridized carbons (Fsp3) is 1.00. The number of rotatable bonds is 0. The first-order chi connectivity index (χ1) is 13.5. The average molecular weight is 779 g/mol. The average Bonchev–Trinajstić information content (AvgIpc) is 2.41. The van der Waals surface area contributed by atoms with Gasteiger partial charge in [0, 0.05) is 46.9 Å². The molecule has 0 saturated carbocycles. The fourth-order valence-electron chi connectivity index (χ4n) is 0.394. The summed E-state index contributed by atoms with van der Waals surface area (Å²) in [5, 5.41) is 0. The minimum absolute atomic E-state index is 0. The van der Waals surface area contributed by atoms with E-state index in [1.54, 1.807) is 0 Å². The van der Waals surface area contributed by atoms with Gasteiger partial charge >= 0.3 is 62.6 Å². The molecule has 0 N–H and O–H groups in total. The Morgan fingerprint density at radius 2 is 0.324 bits per heavy atom. The Hall–Kier alpha value is 0.109. The van der Waals surface area contributed by atoms with Gasteiger partial charge in [0.05, 0.1) is 0 Å². The normalized spacial score (nSPS) is 14.6. The maximum absolute atomic E-state index is 11.0. The maximum atomic E-state index is 11.0. The predicted octanol–water partition coefficient (Wildman–Crippen LogP) is 4.32. The van der Waals surface area contributed by atoms with Gasteiger partial charge in [-0.15, -0.1) is 0 Å². The summed E-state index contributed by atoms with van der Waals surface area (Å²) in [5.41, 5.74) is -37.6. The zero-order chi connectivity index (χ0) is 28.5. The minimum Gasteiger partial charge on any atom is -0.210 e. The van der Waals surface area contributed by atoms with E-state index >= 15 is 0 Å². The SMILES string of the molecule is O=S(=O)(C(F)(F)F)C(F)(F)F.O=S(=O)(C(F)(F)F)C(F)(F)F.O=S(=O)(C(F)(F)F)C(F)(F)F.[Yb]. The van der Waals surface area contributed by atoms with Gasteiger partial charge in [-0.2, -0.15) is 79.0 Å². The largest absolute Gasteiger partial charge is 0.506 e. The number of hydrogen-bond donors (Lipinski definition) is 0. The van der Waals surface area contributed by atoms with E-state index in [-0.39, 0.29) is 46.9 Å². The van der Waals surface area contributed by atoms with Crippen molar-refractivity contribution >= 4 is 29.5 Å². The molecule has 0 fully saturated rings. The molecule has 0 unspecified atom stereocenters. The van der Waals surface area contributed by atoms with Gasteiger partial charge in [0.2, 0.25) is 0 Å². The van der Waals surface area contributed by atoms with Crippen molar-refractivity contribution in [2.75, 3.05) is 0 Å². The Labute approximate surface area is 212 Å². The molecule has 0 radical (unpaired) electrons. The Kier molecular flexibility index (Phi) is 14.1. The van der Waals surface area contributed by atoms with Crippen LogP contribution in [-0.4, -0.2) is 58.3 Å². The topological polar surface area (TPSA) is 102 Å². The first kappa shape index (κ1) is 41.2. The van der Waals surface area contributed by atoms with E-state index in [1.165, 1.54) is 0 Å². The number of sulfone groups is 3. The van der Waals surface area contributed by atoms with Crippen LogP contribution in [0.4, 0.5) is 79.0 Å². The summed E-state index contributed by atoms with van der Waals surface area (Å²) in [7, 11) is -21.0. The van der Waals surface area contributed by atoms with Crippen LogP contribution in [0.2, 0.25) is 0 Å². The van der Waals surface area contributed by atoms with Crippen LogP contribution in [0.15, 0.2) is 0 Å². The van der Waals surface area contributed by atoms with Crippen molar-refractivity contribution in [1.29, 1.82) is 0 Å². The van der Waals surface area contributed by atoms with Crippen molar-refractivity contribution in [1.82, 2.24) is 0 Å². The molecular formula is C6F18O6S3Yb. The van der Waals surface area contributed by atoms with E-state index in [4.69, 9.17) is 0 Å². The van der Waals surface area contributed by atoms with Crippen LogP contribution in [0, 0.1) is 46.9 Å². The quantitative estimate of drug-likeness (QED) is 0.340. The third-order valence-corrected chi connectivity index (χ3v) is 5.48. The van der Waals surface area contributed by atoms with E-state index in [2.05, 4.69) is 0 Å². The molecular weight excluding hydrogens is 779 g/mol. The van der Waals surface area contributed by atoms with Gasteiger partial charge in [-0.25, -0.2) is 25.3 Å². The Morgan fingerprint density at radius 3 is 0.324 bits per heavy atom. The van der Waals surface area contributed by atoms with E-state index < -0.39 is 62.6 Å². The maximum Gasteiger partial charge on any atom is 0.506 e. The van der Waals surface area contributed by atoms with E-state index in [0.29, 0.717) is 0 Å². The second-order valence-corrected chi connectivity index (χ2v) is 9.98. The van der Waals surface area contributed by atoms with Crippen LogP contribution in [0.3, 0.4) is 0 Å². The van der Waals surface area contributed by atoms with Crippen LogP contribution in [-0.2, 0) is 29.5 Å². The number of hydrogen-bond acceptors (Lipinski definition) is 6. The van der Waals surface area contributed by atoms with Crippen LogP contribution in [0.1, 0.15) is 0 Å². The first-order valence-electron chi connectivity index (χ1n) is 5.63. The van der Waals surface area contributed by atoms with E-state index in [1.807, 2.05) is 0 Å². The van der Waals surface area contributed by atoms with Crippen molar-refractivity contribution in [2.45, 2.75) is 33.0 Å². The van der Waals surface area contributed by atoms with Gasteiger partial charge in [0.15, 0.2) is 0 Å². The molecule has 0 spiro atoms. The van der Waals surface area contributed by atoms with Crippen molar-refractivity contribution in [3.05, 3.63) is 0 Å². The summed E-state index contributed by atoms with van der Waals surface area (Å²) >= 11 is 0. The van der Waals surface area contributed by atoms with Crippen molar-refractivity contribution < 1.29 is 151 Å². The minimum atomic E-state index is -7.01. The molecule has 0 rings (SSSR count). The summed E-state index contributed by atoms with van der Waals surface area (Å²) < 4.78 is 255. The van der Waals surface area contributed by atoms with Crippen LogP contribution in [0.25, 0.3) is 0 Å². The second kappa shape index (κ2) is 11.7. The Bertz CT molecular complexity index is 766. The summed E-state index contributed by atoms with van der Waals surface area (Å²) in [4.78, 5) is 0.